The topological polar surface area (TPSA) is 89.3 Å². The molecule has 6 nitrogen and oxygen atoms in total. The van der Waals surface area contributed by atoms with Crippen molar-refractivity contribution in [3.8, 4) is 5.75 Å². The number of hydrazine groups is 1. The van der Waals surface area contributed by atoms with Gasteiger partial charge < -0.3 is 10.1 Å². The molecule has 0 radical (unpaired) electrons. The van der Waals surface area contributed by atoms with Crippen molar-refractivity contribution in [2.45, 2.75) is 0 Å². The predicted molar refractivity (Wildman–Crippen MR) is 88.3 cm³/mol. The van der Waals surface area contributed by atoms with Crippen molar-refractivity contribution < 1.29 is 13.9 Å². The smallest absolute Gasteiger partial charge is 0.258 e. The number of nitrogens with two attached hydrogens (primary N) is 1. The number of methoxy groups -OCH3 is 1. The molecule has 4 N–H and O–H groups in total. The second-order valence-electron chi connectivity index (χ2n) is 4.62. The van der Waals surface area contributed by atoms with Gasteiger partial charge >= 0.3 is 0 Å². The number of carbonyl (C=O) groups excluding carboxylic acids is 1. The Bertz CT molecular complexity index is 881. The fraction of sp³-hybridized carbons (Fsp3) is 0.0667. The average Bonchev–Trinajstić information content (AvgIpc) is 2.97. The van der Waals surface area contributed by atoms with Crippen LogP contribution in [0.15, 0.2) is 36.4 Å². The Hall–Kier alpha value is -2.71. The summed E-state index contributed by atoms with van der Waals surface area (Å²) < 4.78 is 19.7. The summed E-state index contributed by atoms with van der Waals surface area (Å²) in [6.45, 7) is 0. The molecule has 3 rings (SSSR count). The van der Waals surface area contributed by atoms with E-state index in [0.717, 1.165) is 4.70 Å². The molecule has 1 aromatic heterocycles. The van der Waals surface area contributed by atoms with Gasteiger partial charge in [0.05, 0.1) is 17.4 Å². The minimum atomic E-state index is -0.578. The van der Waals surface area contributed by atoms with Crippen molar-refractivity contribution in [3.05, 3.63) is 47.8 Å². The lowest BCUT2D eigenvalue weighted by Gasteiger charge is -2.08. The molecule has 0 aliphatic rings. The molecule has 0 aliphatic heterocycles. The number of nitrogen functional groups attached to an aromatic ring is 1. The second-order valence-corrected chi connectivity index (χ2v) is 5.65. The lowest BCUT2D eigenvalue weighted by molar-refractivity contribution is 0.102. The SMILES string of the molecule is COc1cc(NC(=O)c2ccccc2F)cc2sc(NN)nc12. The number of halogens is 1. The van der Waals surface area contributed by atoms with Crippen LogP contribution in [0.2, 0.25) is 0 Å². The van der Waals surface area contributed by atoms with E-state index in [0.29, 0.717) is 22.1 Å². The van der Waals surface area contributed by atoms with E-state index in [9.17, 15) is 9.18 Å². The molecule has 1 amide bonds. The second kappa shape index (κ2) is 6.19. The largest absolute Gasteiger partial charge is 0.494 e. The number of thiazole rings is 1. The number of hydrogen-bond acceptors (Lipinski definition) is 6. The summed E-state index contributed by atoms with van der Waals surface area (Å²) in [5.41, 5.74) is 3.56. The molecule has 0 atom stereocenters. The van der Waals surface area contributed by atoms with E-state index in [1.165, 1.54) is 36.6 Å². The fourth-order valence-corrected chi connectivity index (χ4v) is 2.97. The summed E-state index contributed by atoms with van der Waals surface area (Å²) in [5, 5.41) is 3.19. The number of aromatic nitrogens is 1. The van der Waals surface area contributed by atoms with Gasteiger partial charge in [0, 0.05) is 11.8 Å². The maximum atomic E-state index is 13.7. The zero-order valence-corrected chi connectivity index (χ0v) is 12.9. The van der Waals surface area contributed by atoms with Crippen LogP contribution in [0.3, 0.4) is 0 Å². The van der Waals surface area contributed by atoms with Crippen LogP contribution < -0.4 is 21.3 Å². The van der Waals surface area contributed by atoms with Crippen LogP contribution in [0.4, 0.5) is 15.2 Å². The fourth-order valence-electron chi connectivity index (χ4n) is 2.13. The minimum Gasteiger partial charge on any atom is -0.494 e. The molecule has 8 heteroatoms. The van der Waals surface area contributed by atoms with Crippen molar-refractivity contribution >= 4 is 38.3 Å². The van der Waals surface area contributed by atoms with Gasteiger partial charge in [-0.15, -0.1) is 0 Å². The summed E-state index contributed by atoms with van der Waals surface area (Å²) in [4.78, 5) is 16.5. The molecule has 0 spiro atoms. The van der Waals surface area contributed by atoms with E-state index in [1.807, 2.05) is 0 Å². The van der Waals surface area contributed by atoms with E-state index >= 15 is 0 Å². The number of nitrogens with one attached hydrogen (secondary N) is 2. The first-order chi connectivity index (χ1) is 11.1. The van der Waals surface area contributed by atoms with Crippen molar-refractivity contribution in [3.63, 3.8) is 0 Å². The number of rotatable bonds is 4. The summed E-state index contributed by atoms with van der Waals surface area (Å²) in [6.07, 6.45) is 0. The highest BCUT2D eigenvalue weighted by Gasteiger charge is 2.14. The van der Waals surface area contributed by atoms with Gasteiger partial charge in [-0.2, -0.15) is 0 Å². The van der Waals surface area contributed by atoms with Crippen LogP contribution in [-0.4, -0.2) is 18.0 Å². The molecule has 0 bridgehead atoms. The highest BCUT2D eigenvalue weighted by Crippen LogP contribution is 2.35. The summed E-state index contributed by atoms with van der Waals surface area (Å²) in [7, 11) is 1.51. The number of anilines is 2. The molecular weight excluding hydrogens is 319 g/mol. The van der Waals surface area contributed by atoms with E-state index in [1.54, 1.807) is 18.2 Å². The monoisotopic (exact) mass is 332 g/mol. The third-order valence-corrected chi connectivity index (χ3v) is 4.11. The van der Waals surface area contributed by atoms with Gasteiger partial charge in [-0.1, -0.05) is 23.5 Å². The molecule has 1 heterocycles. The third kappa shape index (κ3) is 2.94. The summed E-state index contributed by atoms with van der Waals surface area (Å²) in [5.74, 6) is 4.74. The zero-order chi connectivity index (χ0) is 16.4. The lowest BCUT2D eigenvalue weighted by atomic mass is 10.2. The van der Waals surface area contributed by atoms with E-state index in [2.05, 4.69) is 15.7 Å². The first-order valence-electron chi connectivity index (χ1n) is 6.63. The van der Waals surface area contributed by atoms with E-state index in [4.69, 9.17) is 10.6 Å². The molecule has 23 heavy (non-hydrogen) atoms. The number of hydrogen-bond donors (Lipinski definition) is 3. The standard InChI is InChI=1S/C15H13FN4O2S/c1-22-11-6-8(7-12-13(11)19-15(20-17)23-12)18-14(21)9-4-2-3-5-10(9)16/h2-7H,17H2,1H3,(H,18,21)(H,19,20). The number of nitrogens with zero attached hydrogens (tertiary/aromatic N) is 1. The van der Waals surface area contributed by atoms with Crippen LogP contribution in [0.5, 0.6) is 5.75 Å². The van der Waals surface area contributed by atoms with Gasteiger partial charge in [0.15, 0.2) is 5.13 Å². The Kier molecular flexibility index (Phi) is 4.09. The van der Waals surface area contributed by atoms with Gasteiger partial charge in [-0.3, -0.25) is 10.2 Å². The number of ether oxygens (including phenoxy) is 1. The highest BCUT2D eigenvalue weighted by molar-refractivity contribution is 7.22. The maximum absolute atomic E-state index is 13.7. The molecule has 0 unspecified atom stereocenters. The van der Waals surface area contributed by atoms with Crippen LogP contribution in [0.25, 0.3) is 10.2 Å². The van der Waals surface area contributed by atoms with Crippen LogP contribution in [-0.2, 0) is 0 Å². The number of amides is 1. The van der Waals surface area contributed by atoms with E-state index in [-0.39, 0.29) is 5.56 Å². The Morgan fingerprint density at radius 2 is 2.13 bits per heavy atom. The van der Waals surface area contributed by atoms with Gasteiger partial charge in [0.1, 0.15) is 17.1 Å². The predicted octanol–water partition coefficient (Wildman–Crippen LogP) is 2.98. The zero-order valence-electron chi connectivity index (χ0n) is 12.1. The molecule has 0 fully saturated rings. The number of carbonyl (C=O) groups is 1. The quantitative estimate of drug-likeness (QED) is 0.505. The molecular formula is C15H13FN4O2S. The number of fused-ring (bicyclic) bond motifs is 1. The van der Waals surface area contributed by atoms with Crippen LogP contribution in [0.1, 0.15) is 10.4 Å². The van der Waals surface area contributed by atoms with Crippen molar-refractivity contribution in [1.82, 2.24) is 4.98 Å². The Labute approximate surface area is 135 Å². The van der Waals surface area contributed by atoms with Crippen molar-refractivity contribution in [2.24, 2.45) is 5.84 Å². The van der Waals surface area contributed by atoms with Crippen LogP contribution >= 0.6 is 11.3 Å². The Balaban J connectivity index is 1.97. The van der Waals surface area contributed by atoms with Gasteiger partial charge in [-0.05, 0) is 18.2 Å². The van der Waals surface area contributed by atoms with Crippen molar-refractivity contribution in [2.75, 3.05) is 17.9 Å². The van der Waals surface area contributed by atoms with Gasteiger partial charge in [0.25, 0.3) is 5.91 Å². The average molecular weight is 332 g/mol. The molecule has 0 saturated heterocycles. The first-order valence-corrected chi connectivity index (χ1v) is 7.45. The Morgan fingerprint density at radius 3 is 2.83 bits per heavy atom. The van der Waals surface area contributed by atoms with Gasteiger partial charge in [0.2, 0.25) is 0 Å². The normalized spacial score (nSPS) is 10.6. The highest BCUT2D eigenvalue weighted by atomic mass is 32.1. The first kappa shape index (κ1) is 15.2. The summed E-state index contributed by atoms with van der Waals surface area (Å²) >= 11 is 1.31. The van der Waals surface area contributed by atoms with Crippen molar-refractivity contribution in [1.29, 1.82) is 0 Å². The molecule has 118 valence electrons. The van der Waals surface area contributed by atoms with Crippen LogP contribution in [0, 0.1) is 5.82 Å². The molecule has 3 aromatic rings. The number of benzene rings is 2. The molecule has 2 aromatic carbocycles. The molecule has 0 saturated carbocycles. The lowest BCUT2D eigenvalue weighted by Crippen LogP contribution is -2.13. The molecule has 0 aliphatic carbocycles. The minimum absolute atomic E-state index is 0.0276. The maximum Gasteiger partial charge on any atom is 0.258 e. The van der Waals surface area contributed by atoms with Gasteiger partial charge in [-0.25, -0.2) is 15.2 Å². The summed E-state index contributed by atoms with van der Waals surface area (Å²) in [6, 6.07) is 9.14. The third-order valence-electron chi connectivity index (χ3n) is 3.18. The Morgan fingerprint density at radius 1 is 1.35 bits per heavy atom. The van der Waals surface area contributed by atoms with E-state index < -0.39 is 11.7 Å².